The Morgan fingerprint density at radius 2 is 1.73 bits per heavy atom. The standard InChI is InChI=1S/C15H18F6N2O2.ClH/c16-14(17,18)4-3-12(23-7-5-22-6-8-23)11-9-10(1-2-13(11)24)25-15(19,20)21;/h1-2,9,12,22,24H,3-8H2;1H/t12-;/m0./s1. The van der Waals surface area contributed by atoms with Crippen LogP contribution in [0.1, 0.15) is 24.4 Å². The van der Waals surface area contributed by atoms with E-state index < -0.39 is 30.8 Å². The molecule has 1 atom stereocenters. The van der Waals surface area contributed by atoms with Crippen LogP contribution >= 0.6 is 12.4 Å². The number of phenols is 1. The molecule has 4 nitrogen and oxygen atoms in total. The first-order chi connectivity index (χ1) is 11.6. The predicted molar refractivity (Wildman–Crippen MR) is 84.5 cm³/mol. The van der Waals surface area contributed by atoms with Crippen LogP contribution in [0.25, 0.3) is 0 Å². The third-order valence-electron chi connectivity index (χ3n) is 3.89. The summed E-state index contributed by atoms with van der Waals surface area (Å²) in [5.41, 5.74) is -0.00657. The molecule has 2 N–H and O–H groups in total. The SMILES string of the molecule is Cl.Oc1ccc(OC(F)(F)F)cc1[C@H](CCC(F)(F)F)N1CCNCC1. The lowest BCUT2D eigenvalue weighted by molar-refractivity contribution is -0.274. The first kappa shape index (κ1) is 22.7. The zero-order valence-corrected chi connectivity index (χ0v) is 14.3. The fourth-order valence-corrected chi connectivity index (χ4v) is 2.83. The first-order valence-electron chi connectivity index (χ1n) is 7.65. The second-order valence-electron chi connectivity index (χ2n) is 5.72. The second-order valence-corrected chi connectivity index (χ2v) is 5.72. The lowest BCUT2D eigenvalue weighted by atomic mass is 9.98. The number of ether oxygens (including phenoxy) is 1. The van der Waals surface area contributed by atoms with Crippen LogP contribution in [0, 0.1) is 0 Å². The molecule has 0 unspecified atom stereocenters. The third-order valence-corrected chi connectivity index (χ3v) is 3.89. The Bertz CT molecular complexity index is 576. The molecule has 0 aromatic heterocycles. The van der Waals surface area contributed by atoms with E-state index in [9.17, 15) is 31.4 Å². The molecule has 150 valence electrons. The summed E-state index contributed by atoms with van der Waals surface area (Å²) in [4.78, 5) is 1.72. The van der Waals surface area contributed by atoms with Gasteiger partial charge in [0.2, 0.25) is 0 Å². The fraction of sp³-hybridized carbons (Fsp3) is 0.600. The molecular formula is C15H19ClF6N2O2. The highest BCUT2D eigenvalue weighted by atomic mass is 35.5. The molecule has 1 aliphatic rings. The fourth-order valence-electron chi connectivity index (χ4n) is 2.83. The molecular weight excluding hydrogens is 390 g/mol. The van der Waals surface area contributed by atoms with Gasteiger partial charge in [-0.1, -0.05) is 0 Å². The zero-order valence-electron chi connectivity index (χ0n) is 13.5. The van der Waals surface area contributed by atoms with Crippen LogP contribution in [0.5, 0.6) is 11.5 Å². The Morgan fingerprint density at radius 1 is 1.12 bits per heavy atom. The van der Waals surface area contributed by atoms with Crippen LogP contribution < -0.4 is 10.1 Å². The normalized spacial score (nSPS) is 17.5. The van der Waals surface area contributed by atoms with Gasteiger partial charge in [0, 0.05) is 44.2 Å². The second kappa shape index (κ2) is 9.01. The van der Waals surface area contributed by atoms with Gasteiger partial charge in [0.25, 0.3) is 0 Å². The van der Waals surface area contributed by atoms with Gasteiger partial charge in [-0.2, -0.15) is 13.2 Å². The van der Waals surface area contributed by atoms with Crippen molar-refractivity contribution in [3.63, 3.8) is 0 Å². The number of hydrogen-bond donors (Lipinski definition) is 2. The van der Waals surface area contributed by atoms with E-state index in [1.165, 1.54) is 0 Å². The maximum Gasteiger partial charge on any atom is 0.573 e. The molecule has 0 saturated carbocycles. The van der Waals surface area contributed by atoms with E-state index in [0.717, 1.165) is 18.2 Å². The van der Waals surface area contributed by atoms with Gasteiger partial charge in [0.05, 0.1) is 0 Å². The summed E-state index contributed by atoms with van der Waals surface area (Å²) in [7, 11) is 0. The Hall–Kier alpha value is -1.39. The van der Waals surface area contributed by atoms with Crippen LogP contribution in [0.3, 0.4) is 0 Å². The molecule has 0 spiro atoms. The van der Waals surface area contributed by atoms with Crippen LogP contribution in [0.4, 0.5) is 26.3 Å². The smallest absolute Gasteiger partial charge is 0.508 e. The Kier molecular flexibility index (Phi) is 7.85. The summed E-state index contributed by atoms with van der Waals surface area (Å²) in [5.74, 6) is -0.937. The van der Waals surface area contributed by atoms with Crippen LogP contribution in [-0.4, -0.2) is 48.7 Å². The molecule has 11 heteroatoms. The first-order valence-corrected chi connectivity index (χ1v) is 7.65. The molecule has 1 fully saturated rings. The topological polar surface area (TPSA) is 44.7 Å². The Labute approximate surface area is 152 Å². The molecule has 0 amide bonds. The van der Waals surface area contributed by atoms with Crippen molar-refractivity contribution in [1.29, 1.82) is 0 Å². The molecule has 2 rings (SSSR count). The number of piperazine rings is 1. The van der Waals surface area contributed by atoms with Gasteiger partial charge in [-0.3, -0.25) is 4.90 Å². The van der Waals surface area contributed by atoms with E-state index in [0.29, 0.717) is 26.2 Å². The van der Waals surface area contributed by atoms with Gasteiger partial charge >= 0.3 is 12.5 Å². The number of alkyl halides is 6. The molecule has 1 aromatic carbocycles. The van der Waals surface area contributed by atoms with Gasteiger partial charge in [0.1, 0.15) is 11.5 Å². The van der Waals surface area contributed by atoms with E-state index >= 15 is 0 Å². The minimum absolute atomic E-state index is 0. The van der Waals surface area contributed by atoms with Crippen molar-refractivity contribution in [3.8, 4) is 11.5 Å². The predicted octanol–water partition coefficient (Wildman–Crippen LogP) is 4.00. The van der Waals surface area contributed by atoms with E-state index in [2.05, 4.69) is 10.1 Å². The monoisotopic (exact) mass is 408 g/mol. The van der Waals surface area contributed by atoms with Crippen LogP contribution in [-0.2, 0) is 0 Å². The average Bonchev–Trinajstić information content (AvgIpc) is 2.49. The molecule has 1 aromatic rings. The van der Waals surface area contributed by atoms with Gasteiger partial charge < -0.3 is 15.2 Å². The maximum atomic E-state index is 12.6. The highest BCUT2D eigenvalue weighted by Crippen LogP contribution is 2.38. The minimum atomic E-state index is -4.93. The van der Waals surface area contributed by atoms with Crippen molar-refractivity contribution in [1.82, 2.24) is 10.2 Å². The summed E-state index contributed by atoms with van der Waals surface area (Å²) in [6, 6.07) is 2.01. The number of halogens is 7. The summed E-state index contributed by atoms with van der Waals surface area (Å²) < 4.78 is 78.9. The summed E-state index contributed by atoms with van der Waals surface area (Å²) in [6.45, 7) is 1.93. The molecule has 0 radical (unpaired) electrons. The number of hydrogen-bond acceptors (Lipinski definition) is 4. The molecule has 0 aliphatic carbocycles. The number of benzene rings is 1. The van der Waals surface area contributed by atoms with E-state index in [1.807, 2.05) is 0 Å². The Morgan fingerprint density at radius 3 is 2.27 bits per heavy atom. The van der Waals surface area contributed by atoms with E-state index in [-0.39, 0.29) is 30.1 Å². The van der Waals surface area contributed by atoms with Crippen LogP contribution in [0.15, 0.2) is 18.2 Å². The number of nitrogens with zero attached hydrogens (tertiary/aromatic N) is 1. The highest BCUT2D eigenvalue weighted by Gasteiger charge is 2.34. The lowest BCUT2D eigenvalue weighted by Gasteiger charge is -2.35. The number of phenolic OH excluding ortho intramolecular Hbond substituents is 1. The molecule has 26 heavy (non-hydrogen) atoms. The summed E-state index contributed by atoms with van der Waals surface area (Å²) in [5, 5.41) is 13.1. The van der Waals surface area contributed by atoms with E-state index in [1.54, 1.807) is 4.90 Å². The summed E-state index contributed by atoms with van der Waals surface area (Å²) in [6.07, 6.45) is -10.8. The third kappa shape index (κ3) is 7.08. The van der Waals surface area contributed by atoms with Gasteiger partial charge in [0.15, 0.2) is 0 Å². The number of nitrogens with one attached hydrogen (secondary N) is 1. The van der Waals surface area contributed by atoms with Crippen molar-refractivity contribution >= 4 is 12.4 Å². The minimum Gasteiger partial charge on any atom is -0.508 e. The van der Waals surface area contributed by atoms with Crippen molar-refractivity contribution in [3.05, 3.63) is 23.8 Å². The largest absolute Gasteiger partial charge is 0.573 e. The summed E-state index contributed by atoms with van der Waals surface area (Å²) >= 11 is 0. The lowest BCUT2D eigenvalue weighted by Crippen LogP contribution is -2.45. The van der Waals surface area contributed by atoms with Crippen molar-refractivity contribution in [2.24, 2.45) is 0 Å². The molecule has 0 bridgehead atoms. The van der Waals surface area contributed by atoms with Crippen molar-refractivity contribution < 1.29 is 36.2 Å². The van der Waals surface area contributed by atoms with Crippen LogP contribution in [0.2, 0.25) is 0 Å². The molecule has 1 saturated heterocycles. The van der Waals surface area contributed by atoms with Gasteiger partial charge in [-0.15, -0.1) is 25.6 Å². The van der Waals surface area contributed by atoms with Gasteiger partial charge in [-0.05, 0) is 24.6 Å². The van der Waals surface area contributed by atoms with Crippen molar-refractivity contribution in [2.75, 3.05) is 26.2 Å². The zero-order chi connectivity index (χ0) is 18.7. The Balaban J connectivity index is 0.00000338. The quantitative estimate of drug-likeness (QED) is 0.723. The van der Waals surface area contributed by atoms with Gasteiger partial charge in [-0.25, -0.2) is 0 Å². The number of aromatic hydroxyl groups is 1. The van der Waals surface area contributed by atoms with E-state index in [4.69, 9.17) is 0 Å². The number of rotatable bonds is 5. The molecule has 1 aliphatic heterocycles. The highest BCUT2D eigenvalue weighted by molar-refractivity contribution is 5.85. The van der Waals surface area contributed by atoms with Crippen molar-refractivity contribution in [2.45, 2.75) is 31.4 Å². The average molecular weight is 409 g/mol. The maximum absolute atomic E-state index is 12.6. The molecule has 1 heterocycles.